The van der Waals surface area contributed by atoms with E-state index >= 15 is 0 Å². The van der Waals surface area contributed by atoms with Crippen LogP contribution >= 0.6 is 0 Å². The fraction of sp³-hybridized carbons (Fsp3) is 0.867. The predicted molar refractivity (Wildman–Crippen MR) is 71.1 cm³/mol. The molecule has 0 heterocycles. The number of hydrogen-bond acceptors (Lipinski definition) is 0. The Morgan fingerprint density at radius 3 is 2.40 bits per heavy atom. The molecule has 0 nitrogen and oxygen atoms in total. The second kappa shape index (κ2) is 9.00. The van der Waals surface area contributed by atoms with E-state index in [9.17, 15) is 0 Å². The molecule has 2 rings (SSSR count). The highest BCUT2D eigenvalue weighted by Gasteiger charge is 2.24. The van der Waals surface area contributed by atoms with Gasteiger partial charge in [0.2, 0.25) is 0 Å². The van der Waals surface area contributed by atoms with Gasteiger partial charge in [-0.3, -0.25) is 0 Å². The Labute approximate surface area is 97.2 Å². The van der Waals surface area contributed by atoms with Gasteiger partial charge < -0.3 is 0 Å². The average molecular weight is 210 g/mol. The van der Waals surface area contributed by atoms with Crippen molar-refractivity contribution in [2.45, 2.75) is 73.1 Å². The second-order valence-corrected chi connectivity index (χ2v) is 4.29. The maximum absolute atomic E-state index is 2.51. The summed E-state index contributed by atoms with van der Waals surface area (Å²) in [4.78, 5) is 0. The third kappa shape index (κ3) is 4.86. The Balaban J connectivity index is 0.000000442. The van der Waals surface area contributed by atoms with Crippen LogP contribution in [0.5, 0.6) is 0 Å². The van der Waals surface area contributed by atoms with Crippen LogP contribution < -0.4 is 0 Å². The minimum atomic E-state index is 0.993. The largest absolute Gasteiger partial charge is 0.0851 e. The molecule has 0 bridgehead atoms. The van der Waals surface area contributed by atoms with Gasteiger partial charge in [-0.05, 0) is 50.4 Å². The van der Waals surface area contributed by atoms with Gasteiger partial charge in [0.1, 0.15) is 0 Å². The molecule has 2 unspecified atom stereocenters. The second-order valence-electron chi connectivity index (χ2n) is 4.29. The van der Waals surface area contributed by atoms with Gasteiger partial charge in [0.05, 0.1) is 0 Å². The topological polar surface area (TPSA) is 0 Å². The van der Waals surface area contributed by atoms with Gasteiger partial charge in [-0.25, -0.2) is 0 Å². The van der Waals surface area contributed by atoms with Crippen LogP contribution in [0.4, 0.5) is 0 Å². The van der Waals surface area contributed by atoms with Crippen molar-refractivity contribution in [2.75, 3.05) is 0 Å². The molecule has 0 aliphatic heterocycles. The highest BCUT2D eigenvalue weighted by molar-refractivity contribution is 5.12. The van der Waals surface area contributed by atoms with Crippen LogP contribution in [0.3, 0.4) is 0 Å². The number of fused-ring (bicyclic) bond motifs is 1. The Morgan fingerprint density at radius 2 is 1.73 bits per heavy atom. The van der Waals surface area contributed by atoms with E-state index in [-0.39, 0.29) is 0 Å². The van der Waals surface area contributed by atoms with Crippen LogP contribution in [0.15, 0.2) is 11.6 Å². The van der Waals surface area contributed by atoms with Crippen LogP contribution in [0.25, 0.3) is 0 Å². The summed E-state index contributed by atoms with van der Waals surface area (Å²) in [6.45, 7) is 10.4. The number of rotatable bonds is 0. The van der Waals surface area contributed by atoms with Crippen LogP contribution in [0, 0.1) is 11.8 Å². The first-order chi connectivity index (χ1) is 7.36. The quantitative estimate of drug-likeness (QED) is 0.457. The van der Waals surface area contributed by atoms with Gasteiger partial charge in [0, 0.05) is 0 Å². The van der Waals surface area contributed by atoms with Crippen LogP contribution in [0.1, 0.15) is 73.1 Å². The Hall–Kier alpha value is -0.260. The van der Waals surface area contributed by atoms with Gasteiger partial charge in [0.15, 0.2) is 0 Å². The fourth-order valence-electron chi connectivity index (χ4n) is 2.60. The highest BCUT2D eigenvalue weighted by atomic mass is 14.3. The first kappa shape index (κ1) is 14.7. The molecule has 0 aromatic carbocycles. The molecule has 2 aliphatic carbocycles. The average Bonchev–Trinajstić information content (AvgIpc) is 2.34. The van der Waals surface area contributed by atoms with Crippen molar-refractivity contribution < 1.29 is 0 Å². The highest BCUT2D eigenvalue weighted by Crippen LogP contribution is 2.38. The standard InChI is InChI=1S/C11H18.2C2H6/c1-9-6-7-10-4-2-3-5-11(10)8-9;2*1-2/h4,9,11H,2-3,5-8H2,1H3;2*1-2H3. The molecule has 0 amide bonds. The van der Waals surface area contributed by atoms with Crippen LogP contribution in [0.2, 0.25) is 0 Å². The van der Waals surface area contributed by atoms with E-state index in [0.29, 0.717) is 0 Å². The van der Waals surface area contributed by atoms with Crippen molar-refractivity contribution in [1.82, 2.24) is 0 Å². The summed E-state index contributed by atoms with van der Waals surface area (Å²) >= 11 is 0. The molecule has 0 saturated heterocycles. The van der Waals surface area contributed by atoms with E-state index < -0.39 is 0 Å². The van der Waals surface area contributed by atoms with Crippen molar-refractivity contribution in [2.24, 2.45) is 11.8 Å². The number of allylic oxidation sites excluding steroid dienone is 2. The maximum Gasteiger partial charge on any atom is -0.0201 e. The summed E-state index contributed by atoms with van der Waals surface area (Å²) in [5.74, 6) is 1.99. The minimum Gasteiger partial charge on any atom is -0.0851 e. The van der Waals surface area contributed by atoms with E-state index in [2.05, 4.69) is 13.0 Å². The van der Waals surface area contributed by atoms with Crippen molar-refractivity contribution >= 4 is 0 Å². The smallest absolute Gasteiger partial charge is 0.0201 e. The SMILES string of the molecule is CC.CC.CC1CCC2=CCCCC2C1. The zero-order chi connectivity index (χ0) is 11.7. The molecule has 2 atom stereocenters. The lowest BCUT2D eigenvalue weighted by Crippen LogP contribution is -2.18. The summed E-state index contributed by atoms with van der Waals surface area (Å²) in [6.07, 6.45) is 11.1. The Bertz CT molecular complexity index is 167. The lowest BCUT2D eigenvalue weighted by atomic mass is 9.74. The number of hydrogen-bond donors (Lipinski definition) is 0. The zero-order valence-corrected chi connectivity index (χ0v) is 11.5. The molecule has 0 N–H and O–H groups in total. The maximum atomic E-state index is 2.51. The van der Waals surface area contributed by atoms with Gasteiger partial charge in [-0.1, -0.05) is 46.3 Å². The molecule has 0 radical (unpaired) electrons. The van der Waals surface area contributed by atoms with Gasteiger partial charge >= 0.3 is 0 Å². The van der Waals surface area contributed by atoms with E-state index in [1.54, 1.807) is 5.57 Å². The molecule has 90 valence electrons. The molecule has 2 aliphatic rings. The van der Waals surface area contributed by atoms with Gasteiger partial charge in [0.25, 0.3) is 0 Å². The lowest BCUT2D eigenvalue weighted by molar-refractivity contribution is 0.323. The van der Waals surface area contributed by atoms with Crippen molar-refractivity contribution in [1.29, 1.82) is 0 Å². The molecule has 15 heavy (non-hydrogen) atoms. The first-order valence-electron chi connectivity index (χ1n) is 7.05. The summed E-state index contributed by atoms with van der Waals surface area (Å²) in [7, 11) is 0. The third-order valence-corrected chi connectivity index (χ3v) is 3.30. The minimum absolute atomic E-state index is 0.993. The van der Waals surface area contributed by atoms with E-state index in [0.717, 1.165) is 11.8 Å². The monoisotopic (exact) mass is 210 g/mol. The fourth-order valence-corrected chi connectivity index (χ4v) is 2.60. The summed E-state index contributed by atoms with van der Waals surface area (Å²) in [5, 5.41) is 0. The summed E-state index contributed by atoms with van der Waals surface area (Å²) in [5.41, 5.74) is 1.80. The van der Waals surface area contributed by atoms with Gasteiger partial charge in [-0.15, -0.1) is 0 Å². The van der Waals surface area contributed by atoms with Gasteiger partial charge in [-0.2, -0.15) is 0 Å². The Morgan fingerprint density at radius 1 is 1.07 bits per heavy atom. The summed E-state index contributed by atoms with van der Waals surface area (Å²) < 4.78 is 0. The molecule has 0 aromatic rings. The lowest BCUT2D eigenvalue weighted by Gasteiger charge is -2.32. The van der Waals surface area contributed by atoms with Crippen LogP contribution in [-0.4, -0.2) is 0 Å². The third-order valence-electron chi connectivity index (χ3n) is 3.30. The molecule has 1 saturated carbocycles. The molecule has 0 heteroatoms. The predicted octanol–water partition coefficient (Wildman–Crippen LogP) is 5.59. The molecule has 0 aromatic heterocycles. The molecular formula is C15H30. The molecule has 1 fully saturated rings. The summed E-state index contributed by atoms with van der Waals surface area (Å²) in [6, 6.07) is 0. The van der Waals surface area contributed by atoms with Crippen molar-refractivity contribution in [3.05, 3.63) is 11.6 Å². The zero-order valence-electron chi connectivity index (χ0n) is 11.5. The van der Waals surface area contributed by atoms with Crippen molar-refractivity contribution in [3.8, 4) is 0 Å². The molecule has 0 spiro atoms. The van der Waals surface area contributed by atoms with Crippen LogP contribution in [-0.2, 0) is 0 Å². The Kier molecular flexibility index (Phi) is 8.85. The van der Waals surface area contributed by atoms with E-state index in [1.807, 2.05) is 27.7 Å². The van der Waals surface area contributed by atoms with Crippen molar-refractivity contribution in [3.63, 3.8) is 0 Å². The molecular weight excluding hydrogens is 180 g/mol. The first-order valence-corrected chi connectivity index (χ1v) is 7.05. The van der Waals surface area contributed by atoms with E-state index in [1.165, 1.54) is 38.5 Å². The normalized spacial score (nSPS) is 28.5. The van der Waals surface area contributed by atoms with E-state index in [4.69, 9.17) is 0 Å².